The second-order valence-electron chi connectivity index (χ2n) is 6.64. The van der Waals surface area contributed by atoms with E-state index in [0.717, 1.165) is 25.7 Å². The number of aliphatic hydroxyl groups excluding tert-OH is 1. The minimum atomic E-state index is -2.77. The molecule has 1 aliphatic carbocycles. The van der Waals surface area contributed by atoms with Gasteiger partial charge in [0, 0.05) is 13.1 Å². The van der Waals surface area contributed by atoms with E-state index in [9.17, 15) is 18.7 Å². The van der Waals surface area contributed by atoms with E-state index in [1.54, 1.807) is 0 Å². The third kappa shape index (κ3) is 4.50. The van der Waals surface area contributed by atoms with Crippen LogP contribution in [-0.4, -0.2) is 33.4 Å². The fourth-order valence-corrected chi connectivity index (χ4v) is 3.09. The van der Waals surface area contributed by atoms with Crippen LogP contribution in [0.4, 0.5) is 8.78 Å². The summed E-state index contributed by atoms with van der Waals surface area (Å²) in [4.78, 5) is 12.2. The minimum absolute atomic E-state index is 0.0849. The number of halogens is 2. The Morgan fingerprint density at radius 1 is 1.43 bits per heavy atom. The zero-order chi connectivity index (χ0) is 17.0. The van der Waals surface area contributed by atoms with E-state index in [-0.39, 0.29) is 29.6 Å². The summed E-state index contributed by atoms with van der Waals surface area (Å²) in [5.41, 5.74) is -0.467. The molecular formula is C16H25F2N3O2. The Hall–Kier alpha value is -1.50. The molecule has 1 aromatic rings. The van der Waals surface area contributed by atoms with Crippen molar-refractivity contribution >= 4 is 5.91 Å². The highest BCUT2D eigenvalue weighted by molar-refractivity contribution is 5.95. The quantitative estimate of drug-likeness (QED) is 0.808. The fourth-order valence-electron chi connectivity index (χ4n) is 3.09. The van der Waals surface area contributed by atoms with Gasteiger partial charge < -0.3 is 10.4 Å². The predicted molar refractivity (Wildman–Crippen MR) is 82.3 cm³/mol. The number of rotatable bonds is 7. The molecule has 0 spiro atoms. The van der Waals surface area contributed by atoms with E-state index in [1.807, 2.05) is 13.8 Å². The van der Waals surface area contributed by atoms with Crippen molar-refractivity contribution in [3.63, 3.8) is 0 Å². The van der Waals surface area contributed by atoms with Crippen LogP contribution >= 0.6 is 0 Å². The molecule has 1 aliphatic rings. The van der Waals surface area contributed by atoms with Gasteiger partial charge in [-0.2, -0.15) is 5.10 Å². The highest BCUT2D eigenvalue weighted by Crippen LogP contribution is 2.27. The number of nitrogens with zero attached hydrogens (tertiary/aromatic N) is 2. The lowest BCUT2D eigenvalue weighted by Gasteiger charge is -2.18. The number of hydrogen-bond acceptors (Lipinski definition) is 3. The van der Waals surface area contributed by atoms with Crippen LogP contribution < -0.4 is 5.32 Å². The summed E-state index contributed by atoms with van der Waals surface area (Å²) in [6, 6.07) is 0. The Kier molecular flexibility index (Phi) is 6.10. The Morgan fingerprint density at radius 2 is 2.09 bits per heavy atom. The maximum Gasteiger partial charge on any atom is 0.280 e. The second kappa shape index (κ2) is 7.86. The smallest absolute Gasteiger partial charge is 0.280 e. The van der Waals surface area contributed by atoms with Gasteiger partial charge in [0.1, 0.15) is 5.69 Å². The van der Waals surface area contributed by atoms with Crippen LogP contribution in [0, 0.1) is 11.8 Å². The van der Waals surface area contributed by atoms with Crippen molar-refractivity contribution in [1.82, 2.24) is 15.1 Å². The zero-order valence-corrected chi connectivity index (χ0v) is 13.6. The van der Waals surface area contributed by atoms with Crippen molar-refractivity contribution in [1.29, 1.82) is 0 Å². The van der Waals surface area contributed by atoms with Crippen LogP contribution in [0.5, 0.6) is 0 Å². The lowest BCUT2D eigenvalue weighted by molar-refractivity contribution is 0.0829. The summed E-state index contributed by atoms with van der Waals surface area (Å²) in [6.07, 6.45) is 1.87. The van der Waals surface area contributed by atoms with Crippen LogP contribution in [0.1, 0.15) is 62.0 Å². The molecule has 0 aromatic carbocycles. The molecule has 1 fully saturated rings. The molecule has 1 saturated carbocycles. The third-order valence-corrected chi connectivity index (χ3v) is 4.29. The van der Waals surface area contributed by atoms with Gasteiger partial charge >= 0.3 is 0 Å². The first-order valence-electron chi connectivity index (χ1n) is 8.20. The van der Waals surface area contributed by atoms with E-state index in [0.29, 0.717) is 6.54 Å². The van der Waals surface area contributed by atoms with Gasteiger partial charge in [0.2, 0.25) is 0 Å². The van der Waals surface area contributed by atoms with Gasteiger partial charge in [-0.15, -0.1) is 0 Å². The maximum absolute atomic E-state index is 13.3. The molecule has 2 N–H and O–H groups in total. The summed E-state index contributed by atoms with van der Waals surface area (Å²) >= 11 is 0. The van der Waals surface area contributed by atoms with Crippen LogP contribution in [0.15, 0.2) is 6.20 Å². The van der Waals surface area contributed by atoms with Gasteiger partial charge in [0.15, 0.2) is 0 Å². The first kappa shape index (κ1) is 17.8. The molecule has 0 aliphatic heterocycles. The fraction of sp³-hybridized carbons (Fsp3) is 0.750. The lowest BCUT2D eigenvalue weighted by Crippen LogP contribution is -2.36. The number of amides is 1. The van der Waals surface area contributed by atoms with Crippen molar-refractivity contribution in [2.75, 3.05) is 6.54 Å². The standard InChI is InChI=1S/C16H25F2N3O2/c1-10(2)9-21-14(15(17)18)12(7-20-21)16(23)19-8-13(22)11-5-3-4-6-11/h7,10-11,13,15,22H,3-6,8-9H2,1-2H3,(H,19,23). The van der Waals surface area contributed by atoms with Gasteiger partial charge in [-0.3, -0.25) is 9.48 Å². The van der Waals surface area contributed by atoms with Gasteiger partial charge in [-0.25, -0.2) is 8.78 Å². The molecule has 1 amide bonds. The molecule has 0 saturated heterocycles. The summed E-state index contributed by atoms with van der Waals surface area (Å²) in [7, 11) is 0. The van der Waals surface area contributed by atoms with E-state index in [1.165, 1.54) is 10.9 Å². The molecule has 0 radical (unpaired) electrons. The topological polar surface area (TPSA) is 67.2 Å². The molecule has 1 heterocycles. The van der Waals surface area contributed by atoms with Crippen molar-refractivity contribution < 1.29 is 18.7 Å². The summed E-state index contributed by atoms with van der Waals surface area (Å²) in [5, 5.41) is 16.5. The van der Waals surface area contributed by atoms with Gasteiger partial charge in [-0.05, 0) is 24.7 Å². The number of alkyl halides is 2. The van der Waals surface area contributed by atoms with Crippen LogP contribution in [0.25, 0.3) is 0 Å². The average molecular weight is 329 g/mol. The number of aromatic nitrogens is 2. The highest BCUT2D eigenvalue weighted by Gasteiger charge is 2.27. The molecule has 5 nitrogen and oxygen atoms in total. The number of carbonyl (C=O) groups excluding carboxylic acids is 1. The molecular weight excluding hydrogens is 304 g/mol. The first-order valence-corrected chi connectivity index (χ1v) is 8.20. The first-order chi connectivity index (χ1) is 10.9. The SMILES string of the molecule is CC(C)Cn1ncc(C(=O)NCC(O)C2CCCC2)c1C(F)F. The molecule has 130 valence electrons. The van der Waals surface area contributed by atoms with E-state index in [4.69, 9.17) is 0 Å². The number of hydrogen-bond donors (Lipinski definition) is 2. The van der Waals surface area contributed by atoms with Crippen molar-refractivity contribution in [3.05, 3.63) is 17.5 Å². The van der Waals surface area contributed by atoms with Gasteiger partial charge in [-0.1, -0.05) is 26.7 Å². The van der Waals surface area contributed by atoms with Crippen LogP contribution in [-0.2, 0) is 6.54 Å². The molecule has 1 unspecified atom stereocenters. The lowest BCUT2D eigenvalue weighted by atomic mass is 10.0. The molecule has 1 atom stereocenters. The van der Waals surface area contributed by atoms with E-state index >= 15 is 0 Å². The van der Waals surface area contributed by atoms with E-state index in [2.05, 4.69) is 10.4 Å². The number of nitrogens with one attached hydrogen (secondary N) is 1. The molecule has 0 bridgehead atoms. The van der Waals surface area contributed by atoms with Crippen LogP contribution in [0.2, 0.25) is 0 Å². The Labute approximate surface area is 135 Å². The summed E-state index contributed by atoms with van der Waals surface area (Å²) in [6.45, 7) is 4.21. The second-order valence-corrected chi connectivity index (χ2v) is 6.64. The number of carbonyl (C=O) groups is 1. The Bertz CT molecular complexity index is 525. The summed E-state index contributed by atoms with van der Waals surface area (Å²) < 4.78 is 27.8. The van der Waals surface area contributed by atoms with Gasteiger partial charge in [0.25, 0.3) is 12.3 Å². The number of aliphatic hydroxyl groups is 1. The van der Waals surface area contributed by atoms with Crippen LogP contribution in [0.3, 0.4) is 0 Å². The molecule has 2 rings (SSSR count). The summed E-state index contributed by atoms with van der Waals surface area (Å²) in [5.74, 6) is -0.270. The monoisotopic (exact) mass is 329 g/mol. The predicted octanol–water partition coefficient (Wildman–Crippen LogP) is 2.76. The largest absolute Gasteiger partial charge is 0.391 e. The van der Waals surface area contributed by atoms with Crippen molar-refractivity contribution in [3.8, 4) is 0 Å². The molecule has 1 aromatic heterocycles. The maximum atomic E-state index is 13.3. The Morgan fingerprint density at radius 3 is 2.65 bits per heavy atom. The molecule has 23 heavy (non-hydrogen) atoms. The Balaban J connectivity index is 2.02. The minimum Gasteiger partial charge on any atom is -0.391 e. The van der Waals surface area contributed by atoms with E-state index < -0.39 is 18.4 Å². The van der Waals surface area contributed by atoms with Crippen molar-refractivity contribution in [2.24, 2.45) is 11.8 Å². The zero-order valence-electron chi connectivity index (χ0n) is 13.6. The van der Waals surface area contributed by atoms with Gasteiger partial charge in [0.05, 0.1) is 17.9 Å². The average Bonchev–Trinajstić information content (AvgIpc) is 3.12. The normalized spacial score (nSPS) is 17.2. The highest BCUT2D eigenvalue weighted by atomic mass is 19.3. The van der Waals surface area contributed by atoms with Crippen molar-refractivity contribution in [2.45, 2.75) is 58.6 Å². The molecule has 7 heteroatoms. The third-order valence-electron chi connectivity index (χ3n) is 4.29.